The number of hydrogen-bond acceptors (Lipinski definition) is 4. The van der Waals surface area contributed by atoms with Gasteiger partial charge in [-0.2, -0.15) is 4.31 Å². The summed E-state index contributed by atoms with van der Waals surface area (Å²) in [7, 11) is -3.55. The summed E-state index contributed by atoms with van der Waals surface area (Å²) in [5, 5.41) is 0. The van der Waals surface area contributed by atoms with Crippen molar-refractivity contribution in [1.29, 1.82) is 0 Å². The number of para-hydroxylation sites is 1. The van der Waals surface area contributed by atoms with Crippen molar-refractivity contribution in [2.45, 2.75) is 6.42 Å². The monoisotopic (exact) mass is 412 g/mol. The van der Waals surface area contributed by atoms with Crippen molar-refractivity contribution in [1.82, 2.24) is 9.21 Å². The van der Waals surface area contributed by atoms with Crippen LogP contribution in [0.5, 0.6) is 5.75 Å². The number of benzene rings is 1. The third kappa shape index (κ3) is 4.36. The molecule has 1 unspecified atom stereocenters. The summed E-state index contributed by atoms with van der Waals surface area (Å²) in [6.45, 7) is 1.27. The Bertz CT molecular complexity index is 985. The van der Waals surface area contributed by atoms with Crippen molar-refractivity contribution in [3.63, 3.8) is 0 Å². The summed E-state index contributed by atoms with van der Waals surface area (Å²) >= 11 is 0. The topological polar surface area (TPSA) is 66.9 Å². The van der Waals surface area contributed by atoms with Crippen LogP contribution in [0, 0.1) is 5.92 Å². The lowest BCUT2D eigenvalue weighted by molar-refractivity contribution is -0.134. The zero-order valence-corrected chi connectivity index (χ0v) is 16.9. The van der Waals surface area contributed by atoms with E-state index in [0.717, 1.165) is 5.57 Å². The molecule has 4 rings (SSSR count). The van der Waals surface area contributed by atoms with Crippen LogP contribution in [0.15, 0.2) is 77.3 Å². The normalized spacial score (nSPS) is 21.9. The minimum absolute atomic E-state index is 0.0464. The Labute approximate surface area is 171 Å². The number of carbonyl (C=O) groups is 1. The maximum atomic E-state index is 13.0. The maximum Gasteiger partial charge on any atom is 0.260 e. The number of sulfonamides is 1. The molecule has 0 aromatic heterocycles. The number of hydrogen-bond donors (Lipinski definition) is 0. The second kappa shape index (κ2) is 8.39. The molecule has 0 radical (unpaired) electrons. The predicted octanol–water partition coefficient (Wildman–Crippen LogP) is 2.50. The van der Waals surface area contributed by atoms with Gasteiger partial charge in [0.2, 0.25) is 10.0 Å². The zero-order valence-electron chi connectivity index (χ0n) is 16.1. The number of piperazine rings is 1. The minimum Gasteiger partial charge on any atom is -0.484 e. The van der Waals surface area contributed by atoms with Crippen LogP contribution < -0.4 is 4.74 Å². The minimum atomic E-state index is -3.55. The van der Waals surface area contributed by atoms with E-state index in [1.807, 2.05) is 36.4 Å². The van der Waals surface area contributed by atoms with Gasteiger partial charge in [0.05, 0.1) is 4.91 Å². The summed E-state index contributed by atoms with van der Waals surface area (Å²) in [5.74, 6) is 0.772. The Hall–Kier alpha value is -2.64. The molecule has 1 heterocycles. The molecule has 3 aliphatic rings. The van der Waals surface area contributed by atoms with Crippen LogP contribution in [-0.4, -0.2) is 56.3 Å². The van der Waals surface area contributed by atoms with E-state index in [1.165, 1.54) is 4.31 Å². The van der Waals surface area contributed by atoms with Crippen LogP contribution in [-0.2, 0) is 14.8 Å². The molecule has 0 N–H and O–H groups in total. The highest BCUT2D eigenvalue weighted by Gasteiger charge is 2.32. The summed E-state index contributed by atoms with van der Waals surface area (Å²) in [5.41, 5.74) is 1.03. The van der Waals surface area contributed by atoms with Crippen LogP contribution >= 0.6 is 0 Å². The first-order valence-corrected chi connectivity index (χ1v) is 11.2. The average Bonchev–Trinajstić information content (AvgIpc) is 2.78. The van der Waals surface area contributed by atoms with E-state index in [9.17, 15) is 13.2 Å². The van der Waals surface area contributed by atoms with Gasteiger partial charge in [-0.3, -0.25) is 4.79 Å². The van der Waals surface area contributed by atoms with Crippen molar-refractivity contribution >= 4 is 15.9 Å². The molecule has 0 bridgehead atoms. The third-order valence-corrected chi connectivity index (χ3v) is 7.31. The molecule has 1 amide bonds. The van der Waals surface area contributed by atoms with Gasteiger partial charge < -0.3 is 9.64 Å². The molecule has 0 spiro atoms. The first-order valence-electron chi connectivity index (χ1n) is 9.76. The van der Waals surface area contributed by atoms with E-state index in [1.54, 1.807) is 29.2 Å². The quantitative estimate of drug-likeness (QED) is 0.745. The van der Waals surface area contributed by atoms with E-state index in [0.29, 0.717) is 43.3 Å². The fraction of sp³-hybridized carbons (Fsp3) is 0.318. The highest BCUT2D eigenvalue weighted by Crippen LogP contribution is 2.31. The van der Waals surface area contributed by atoms with Gasteiger partial charge in [0.15, 0.2) is 6.61 Å². The van der Waals surface area contributed by atoms with E-state index >= 15 is 0 Å². The first kappa shape index (κ1) is 19.7. The summed E-state index contributed by atoms with van der Waals surface area (Å²) in [4.78, 5) is 14.4. The molecule has 1 aromatic carbocycles. The van der Waals surface area contributed by atoms with Crippen molar-refractivity contribution in [3.8, 4) is 5.75 Å². The zero-order chi connectivity index (χ0) is 20.3. The van der Waals surface area contributed by atoms with Crippen LogP contribution in [0.3, 0.4) is 0 Å². The van der Waals surface area contributed by atoms with Crippen molar-refractivity contribution in [2.75, 3.05) is 32.8 Å². The van der Waals surface area contributed by atoms with Crippen LogP contribution in [0.4, 0.5) is 0 Å². The van der Waals surface area contributed by atoms with Gasteiger partial charge in [0, 0.05) is 32.1 Å². The second-order valence-electron chi connectivity index (χ2n) is 7.22. The van der Waals surface area contributed by atoms with E-state index in [2.05, 4.69) is 6.08 Å². The average molecular weight is 413 g/mol. The Morgan fingerprint density at radius 2 is 1.83 bits per heavy atom. The van der Waals surface area contributed by atoms with Gasteiger partial charge in [0.25, 0.3) is 5.91 Å². The van der Waals surface area contributed by atoms with Crippen LogP contribution in [0.2, 0.25) is 0 Å². The molecule has 7 heteroatoms. The Kier molecular flexibility index (Phi) is 5.69. The molecule has 2 aliphatic carbocycles. The molecular weight excluding hydrogens is 388 g/mol. The van der Waals surface area contributed by atoms with E-state index in [4.69, 9.17) is 4.74 Å². The molecule has 29 heavy (non-hydrogen) atoms. The molecule has 152 valence electrons. The molecular formula is C22H24N2O4S. The van der Waals surface area contributed by atoms with Gasteiger partial charge in [-0.25, -0.2) is 8.42 Å². The molecule has 6 nitrogen and oxygen atoms in total. The number of amides is 1. The number of rotatable bonds is 5. The molecule has 1 saturated heterocycles. The number of ether oxygens (including phenoxy) is 1. The Morgan fingerprint density at radius 1 is 1.07 bits per heavy atom. The Morgan fingerprint density at radius 3 is 2.59 bits per heavy atom. The fourth-order valence-electron chi connectivity index (χ4n) is 3.70. The van der Waals surface area contributed by atoms with Gasteiger partial charge in [-0.1, -0.05) is 48.6 Å². The van der Waals surface area contributed by atoms with Crippen molar-refractivity contribution < 1.29 is 17.9 Å². The second-order valence-corrected chi connectivity index (χ2v) is 9.16. The van der Waals surface area contributed by atoms with Gasteiger partial charge >= 0.3 is 0 Å². The highest BCUT2D eigenvalue weighted by atomic mass is 32.2. The van der Waals surface area contributed by atoms with E-state index < -0.39 is 10.0 Å². The fourth-order valence-corrected chi connectivity index (χ4v) is 5.23. The van der Waals surface area contributed by atoms with Crippen LogP contribution in [0.1, 0.15) is 6.42 Å². The van der Waals surface area contributed by atoms with Crippen LogP contribution in [0.25, 0.3) is 0 Å². The number of carbonyl (C=O) groups excluding carboxylic acids is 1. The Balaban J connectivity index is 1.33. The SMILES string of the molecule is O=C(COc1ccccc1)N1CCN(S(=O)(=O)C2=CCC3C=CC=CC3=C2)CC1. The predicted molar refractivity (Wildman–Crippen MR) is 112 cm³/mol. The molecule has 1 fully saturated rings. The van der Waals surface area contributed by atoms with E-state index in [-0.39, 0.29) is 18.4 Å². The number of nitrogens with zero attached hydrogens (tertiary/aromatic N) is 2. The number of allylic oxidation sites excluding steroid dienone is 7. The number of fused-ring (bicyclic) bond motifs is 1. The van der Waals surface area contributed by atoms with Gasteiger partial charge in [-0.05, 0) is 30.2 Å². The molecule has 1 aromatic rings. The largest absolute Gasteiger partial charge is 0.484 e. The highest BCUT2D eigenvalue weighted by molar-refractivity contribution is 7.93. The van der Waals surface area contributed by atoms with Crippen molar-refractivity contribution in [2.24, 2.45) is 5.92 Å². The smallest absolute Gasteiger partial charge is 0.260 e. The molecule has 1 atom stereocenters. The lowest BCUT2D eigenvalue weighted by Crippen LogP contribution is -2.51. The summed E-state index contributed by atoms with van der Waals surface area (Å²) in [6.07, 6.45) is 12.3. The lowest BCUT2D eigenvalue weighted by atomic mass is 9.88. The summed E-state index contributed by atoms with van der Waals surface area (Å²) < 4.78 is 33.1. The standard InChI is InChI=1S/C22H24N2O4S/c25-22(17-28-20-8-2-1-3-9-20)23-12-14-24(15-13-23)29(26,27)21-11-10-18-6-4-5-7-19(18)16-21/h1-9,11,16,18H,10,12-15,17H2. The molecule has 0 saturated carbocycles. The third-order valence-electron chi connectivity index (χ3n) is 5.39. The summed E-state index contributed by atoms with van der Waals surface area (Å²) in [6, 6.07) is 9.17. The lowest BCUT2D eigenvalue weighted by Gasteiger charge is -2.34. The molecule has 1 aliphatic heterocycles. The van der Waals surface area contributed by atoms with Crippen molar-refractivity contribution in [3.05, 3.63) is 77.3 Å². The first-order chi connectivity index (χ1) is 14.0. The van der Waals surface area contributed by atoms with Gasteiger partial charge in [-0.15, -0.1) is 0 Å². The maximum absolute atomic E-state index is 13.0. The van der Waals surface area contributed by atoms with Gasteiger partial charge in [0.1, 0.15) is 5.75 Å².